The molecule has 0 bridgehead atoms. The van der Waals surface area contributed by atoms with E-state index in [4.69, 9.17) is 9.47 Å². The van der Waals surface area contributed by atoms with E-state index in [1.807, 2.05) is 6.07 Å². The molecule has 40 heavy (non-hydrogen) atoms. The van der Waals surface area contributed by atoms with E-state index < -0.39 is 41.6 Å². The van der Waals surface area contributed by atoms with Crippen molar-refractivity contribution in [2.75, 3.05) is 31.5 Å². The number of aromatic nitrogens is 1. The van der Waals surface area contributed by atoms with E-state index in [2.05, 4.69) is 10.3 Å². The van der Waals surface area contributed by atoms with E-state index in [-0.39, 0.29) is 30.2 Å². The van der Waals surface area contributed by atoms with E-state index in [1.165, 1.54) is 24.9 Å². The van der Waals surface area contributed by atoms with Gasteiger partial charge in [-0.3, -0.25) is 19.2 Å². The van der Waals surface area contributed by atoms with Crippen LogP contribution in [0, 0.1) is 0 Å². The van der Waals surface area contributed by atoms with Crippen molar-refractivity contribution in [3.05, 3.63) is 65.9 Å². The summed E-state index contributed by atoms with van der Waals surface area (Å²) in [6.07, 6.45) is -1.49. The Kier molecular flexibility index (Phi) is 7.13. The van der Waals surface area contributed by atoms with Crippen molar-refractivity contribution >= 4 is 46.1 Å². The van der Waals surface area contributed by atoms with Crippen LogP contribution in [0.3, 0.4) is 0 Å². The number of hydrogen-bond donors (Lipinski definition) is 3. The maximum atomic E-state index is 13.2. The number of fused-ring (bicyclic) bond motifs is 1. The molecule has 0 unspecified atom stereocenters. The number of rotatable bonds is 6. The molecule has 0 radical (unpaired) electrons. The fourth-order valence-corrected chi connectivity index (χ4v) is 4.92. The van der Waals surface area contributed by atoms with Crippen LogP contribution in [-0.2, 0) is 23.9 Å². The molecule has 208 valence electrons. The summed E-state index contributed by atoms with van der Waals surface area (Å²) in [5, 5.41) is 12.5. The zero-order valence-electron chi connectivity index (χ0n) is 21.9. The molecule has 2 aliphatic rings. The summed E-state index contributed by atoms with van der Waals surface area (Å²) in [5.74, 6) is -4.86. The van der Waals surface area contributed by atoms with Gasteiger partial charge in [-0.25, -0.2) is 4.79 Å². The molecule has 2 aromatic carbocycles. The first kappa shape index (κ1) is 27.0. The predicted molar refractivity (Wildman–Crippen MR) is 142 cm³/mol. The summed E-state index contributed by atoms with van der Waals surface area (Å²) >= 11 is 0. The van der Waals surface area contributed by atoms with Gasteiger partial charge in [-0.15, -0.1) is 0 Å². The highest BCUT2D eigenvalue weighted by atomic mass is 16.8. The van der Waals surface area contributed by atoms with Gasteiger partial charge in [0.2, 0.25) is 0 Å². The third-order valence-electron chi connectivity index (χ3n) is 6.89. The number of carboxylic acid groups (broad SMARTS) is 1. The molecule has 3 aromatic rings. The van der Waals surface area contributed by atoms with Crippen LogP contribution < -0.4 is 5.32 Å². The molecule has 3 N–H and O–H groups in total. The number of benzene rings is 2. The largest absolute Gasteiger partial charge is 0.479 e. The van der Waals surface area contributed by atoms with Crippen LogP contribution >= 0.6 is 0 Å². The molecule has 2 fully saturated rings. The molecule has 0 aliphatic carbocycles. The van der Waals surface area contributed by atoms with Crippen molar-refractivity contribution in [3.8, 4) is 0 Å². The van der Waals surface area contributed by atoms with Gasteiger partial charge in [-0.05, 0) is 32.0 Å². The number of anilines is 1. The van der Waals surface area contributed by atoms with Gasteiger partial charge in [-0.2, -0.15) is 0 Å². The topological polar surface area (TPSA) is 158 Å². The van der Waals surface area contributed by atoms with Crippen molar-refractivity contribution in [2.24, 2.45) is 0 Å². The summed E-state index contributed by atoms with van der Waals surface area (Å²) in [7, 11) is 0. The number of ether oxygens (including phenoxy) is 2. The lowest BCUT2D eigenvalue weighted by Gasteiger charge is -2.34. The van der Waals surface area contributed by atoms with Crippen LogP contribution in [0.2, 0.25) is 0 Å². The van der Waals surface area contributed by atoms with Gasteiger partial charge >= 0.3 is 5.97 Å². The number of para-hydroxylation sites is 1. The first-order valence-electron chi connectivity index (χ1n) is 12.7. The molecular formula is C28H28N4O8. The van der Waals surface area contributed by atoms with Gasteiger partial charge in [0.1, 0.15) is 0 Å². The van der Waals surface area contributed by atoms with E-state index in [0.29, 0.717) is 29.6 Å². The van der Waals surface area contributed by atoms with E-state index >= 15 is 0 Å². The summed E-state index contributed by atoms with van der Waals surface area (Å²) < 4.78 is 10.8. The molecule has 12 nitrogen and oxygen atoms in total. The zero-order chi connectivity index (χ0) is 28.6. The Bertz CT molecular complexity index is 1490. The lowest BCUT2D eigenvalue weighted by molar-refractivity contribution is -0.166. The molecule has 1 aromatic heterocycles. The molecular weight excluding hydrogens is 520 g/mol. The predicted octanol–water partition coefficient (Wildman–Crippen LogP) is 1.88. The standard InChI is InChI=1S/C28H28N4O8/c1-28(2)39-22(23(40-28)27(37)38)24(34)30-19-10-6-9-17-18(15-29-20(17)19)21(33)26(36)32-13-11-31(12-14-32)25(35)16-7-4-3-5-8-16/h3-10,15,22-23,29H,11-14H2,1-2H3,(H,30,34)(H,37,38)/t22-,23-/m0/s1. The number of aromatic amines is 1. The van der Waals surface area contributed by atoms with E-state index in [9.17, 15) is 29.1 Å². The molecule has 2 saturated heterocycles. The number of nitrogens with one attached hydrogen (secondary N) is 2. The van der Waals surface area contributed by atoms with Crippen molar-refractivity contribution in [1.29, 1.82) is 0 Å². The van der Waals surface area contributed by atoms with Crippen molar-refractivity contribution in [2.45, 2.75) is 31.8 Å². The second-order valence-electron chi connectivity index (χ2n) is 10.0. The van der Waals surface area contributed by atoms with Gasteiger partial charge in [0.05, 0.1) is 16.8 Å². The van der Waals surface area contributed by atoms with Gasteiger partial charge < -0.3 is 34.7 Å². The van der Waals surface area contributed by atoms with Gasteiger partial charge in [-0.1, -0.05) is 30.3 Å². The van der Waals surface area contributed by atoms with Gasteiger partial charge in [0.15, 0.2) is 18.0 Å². The SMILES string of the molecule is CC1(C)O[C@H](C(=O)O)[C@@H](C(=O)Nc2cccc3c(C(=O)C(=O)N4CCN(C(=O)c5ccccc5)CC4)c[nH]c23)O1. The van der Waals surface area contributed by atoms with Gasteiger partial charge in [0.25, 0.3) is 23.5 Å². The van der Waals surface area contributed by atoms with Gasteiger partial charge in [0, 0.05) is 43.3 Å². The number of nitrogens with zero attached hydrogens (tertiary/aromatic N) is 2. The Morgan fingerprint density at radius 1 is 0.900 bits per heavy atom. The first-order valence-corrected chi connectivity index (χ1v) is 12.7. The minimum Gasteiger partial charge on any atom is -0.479 e. The highest BCUT2D eigenvalue weighted by molar-refractivity contribution is 6.45. The molecule has 5 rings (SSSR count). The average molecular weight is 549 g/mol. The maximum absolute atomic E-state index is 13.2. The van der Waals surface area contributed by atoms with Crippen molar-refractivity contribution in [3.63, 3.8) is 0 Å². The Morgan fingerprint density at radius 3 is 2.23 bits per heavy atom. The number of piperazine rings is 1. The lowest BCUT2D eigenvalue weighted by atomic mass is 10.1. The minimum atomic E-state index is -1.49. The van der Waals surface area contributed by atoms with Crippen LogP contribution in [0.25, 0.3) is 10.9 Å². The number of Topliss-reactive ketones (excluding diaryl/α,β-unsaturated/α-hetero) is 1. The second kappa shape index (κ2) is 10.5. The monoisotopic (exact) mass is 548 g/mol. The number of carboxylic acids is 1. The molecule has 3 amide bonds. The van der Waals surface area contributed by atoms with Crippen molar-refractivity contribution < 1.29 is 38.6 Å². The zero-order valence-corrected chi connectivity index (χ0v) is 21.9. The summed E-state index contributed by atoms with van der Waals surface area (Å²) in [5.41, 5.74) is 1.35. The molecule has 3 heterocycles. The lowest BCUT2D eigenvalue weighted by Crippen LogP contribution is -2.52. The Labute approximate surface area is 228 Å². The van der Waals surface area contributed by atoms with E-state index in [1.54, 1.807) is 47.4 Å². The highest BCUT2D eigenvalue weighted by Crippen LogP contribution is 2.31. The number of ketones is 1. The Morgan fingerprint density at radius 2 is 1.55 bits per heavy atom. The fraction of sp³-hybridized carbons (Fsp3) is 0.321. The van der Waals surface area contributed by atoms with Crippen LogP contribution in [-0.4, -0.2) is 93.5 Å². The minimum absolute atomic E-state index is 0.127. The number of carbonyl (C=O) groups is 5. The van der Waals surface area contributed by atoms with Crippen LogP contribution in [0.1, 0.15) is 34.6 Å². The first-order chi connectivity index (χ1) is 19.1. The third-order valence-corrected chi connectivity index (χ3v) is 6.89. The number of hydrogen-bond acceptors (Lipinski definition) is 7. The third kappa shape index (κ3) is 5.18. The fourth-order valence-electron chi connectivity index (χ4n) is 4.92. The van der Waals surface area contributed by atoms with E-state index in [0.717, 1.165) is 0 Å². The molecule has 2 aliphatic heterocycles. The number of amides is 3. The summed E-state index contributed by atoms with van der Waals surface area (Å²) in [6.45, 7) is 4.07. The summed E-state index contributed by atoms with van der Waals surface area (Å²) in [6, 6.07) is 13.7. The maximum Gasteiger partial charge on any atom is 0.336 e. The average Bonchev–Trinajstić information content (AvgIpc) is 3.54. The number of carbonyl (C=O) groups excluding carboxylic acids is 4. The Hall–Kier alpha value is -4.55. The van der Waals surface area contributed by atoms with Crippen molar-refractivity contribution in [1.82, 2.24) is 14.8 Å². The highest BCUT2D eigenvalue weighted by Gasteiger charge is 2.49. The number of aliphatic carboxylic acids is 1. The van der Waals surface area contributed by atoms with Crippen LogP contribution in [0.5, 0.6) is 0 Å². The molecule has 12 heteroatoms. The smallest absolute Gasteiger partial charge is 0.336 e. The quantitative estimate of drug-likeness (QED) is 0.311. The Balaban J connectivity index is 1.27. The second-order valence-corrected chi connectivity index (χ2v) is 10.0. The molecule has 0 saturated carbocycles. The van der Waals surface area contributed by atoms with Crippen LogP contribution in [0.4, 0.5) is 5.69 Å². The van der Waals surface area contributed by atoms with Crippen LogP contribution in [0.15, 0.2) is 54.7 Å². The molecule has 0 spiro atoms. The summed E-state index contributed by atoms with van der Waals surface area (Å²) in [4.78, 5) is 69.5. The normalized spacial score (nSPS) is 20.4. The molecule has 2 atom stereocenters. The number of H-pyrrole nitrogens is 1.